The number of benzene rings is 1. The Morgan fingerprint density at radius 1 is 1.06 bits per heavy atom. The van der Waals surface area contributed by atoms with Gasteiger partial charge in [-0.25, -0.2) is 15.0 Å². The number of nitrogens with zero attached hydrogens (tertiary/aromatic N) is 5. The average molecular weight is 465 g/mol. The van der Waals surface area contributed by atoms with E-state index in [4.69, 9.17) is 16.0 Å². The predicted octanol–water partition coefficient (Wildman–Crippen LogP) is 3.78. The molecule has 0 aliphatic carbocycles. The Bertz CT molecular complexity index is 1390. The van der Waals surface area contributed by atoms with Gasteiger partial charge in [-0.05, 0) is 37.3 Å². The van der Waals surface area contributed by atoms with Gasteiger partial charge in [0.25, 0.3) is 5.91 Å². The number of carbonyl (C=O) groups excluding carboxylic acids is 2. The summed E-state index contributed by atoms with van der Waals surface area (Å²) in [5, 5.41) is 4.45. The lowest BCUT2D eigenvalue weighted by atomic mass is 10.1. The van der Waals surface area contributed by atoms with Crippen LogP contribution in [0.15, 0.2) is 41.1 Å². The highest BCUT2D eigenvalue weighted by molar-refractivity contribution is 6.29. The minimum Gasteiger partial charge on any atom is -0.451 e. The number of nitrogens with one attached hydrogen (secondary N) is 1. The number of halogens is 1. The third-order valence-corrected chi connectivity index (χ3v) is 6.06. The van der Waals surface area contributed by atoms with Crippen LogP contribution in [0.5, 0.6) is 0 Å². The first kappa shape index (κ1) is 21.1. The molecule has 1 saturated heterocycles. The number of rotatable bonds is 3. The number of anilines is 2. The molecule has 1 fully saturated rings. The number of hydrogen-bond acceptors (Lipinski definition) is 7. The fraction of sp³-hybridized carbons (Fsp3) is 0.261. The fourth-order valence-electron chi connectivity index (χ4n) is 4.02. The molecule has 1 N–H and O–H groups in total. The van der Waals surface area contributed by atoms with Crippen molar-refractivity contribution in [3.8, 4) is 0 Å². The minimum atomic E-state index is -0.165. The van der Waals surface area contributed by atoms with E-state index in [0.717, 1.165) is 16.6 Å². The van der Waals surface area contributed by atoms with Gasteiger partial charge in [0.15, 0.2) is 11.6 Å². The Morgan fingerprint density at radius 3 is 2.58 bits per heavy atom. The average Bonchev–Trinajstić information content (AvgIpc) is 3.15. The number of aryl methyl sites for hydroxylation is 1. The van der Waals surface area contributed by atoms with Crippen LogP contribution in [0, 0.1) is 6.92 Å². The number of aromatic nitrogens is 3. The van der Waals surface area contributed by atoms with Gasteiger partial charge in [-0.3, -0.25) is 9.59 Å². The third kappa shape index (κ3) is 3.95. The number of hydrogen-bond donors (Lipinski definition) is 1. The molecule has 1 aliphatic heterocycles. The molecule has 0 bridgehead atoms. The van der Waals surface area contributed by atoms with Crippen LogP contribution in [0.1, 0.15) is 23.0 Å². The van der Waals surface area contributed by atoms with Gasteiger partial charge in [0.2, 0.25) is 5.91 Å². The number of pyridine rings is 1. The largest absolute Gasteiger partial charge is 0.451 e. The molecule has 1 aromatic carbocycles. The molecule has 0 saturated carbocycles. The van der Waals surface area contributed by atoms with Gasteiger partial charge in [-0.2, -0.15) is 0 Å². The summed E-state index contributed by atoms with van der Waals surface area (Å²) in [6.45, 7) is 5.44. The zero-order chi connectivity index (χ0) is 23.1. The van der Waals surface area contributed by atoms with Crippen LogP contribution in [0.2, 0.25) is 5.15 Å². The van der Waals surface area contributed by atoms with E-state index >= 15 is 0 Å². The molecular formula is C23H21ClN6O3. The molecule has 0 radical (unpaired) electrons. The molecule has 1 aliphatic rings. The monoisotopic (exact) mass is 464 g/mol. The molecule has 3 aromatic heterocycles. The molecule has 33 heavy (non-hydrogen) atoms. The van der Waals surface area contributed by atoms with Crippen molar-refractivity contribution in [3.05, 3.63) is 53.1 Å². The Balaban J connectivity index is 1.42. The van der Waals surface area contributed by atoms with Crippen LogP contribution < -0.4 is 5.32 Å². The summed E-state index contributed by atoms with van der Waals surface area (Å²) in [7, 11) is 0. The molecule has 5 rings (SSSR count). The summed E-state index contributed by atoms with van der Waals surface area (Å²) in [6, 6.07) is 9.05. The van der Waals surface area contributed by atoms with E-state index in [1.54, 1.807) is 28.9 Å². The van der Waals surface area contributed by atoms with Crippen molar-refractivity contribution in [2.24, 2.45) is 0 Å². The highest BCUT2D eigenvalue weighted by Gasteiger charge is 2.27. The molecule has 0 atom stereocenters. The van der Waals surface area contributed by atoms with Crippen LogP contribution in [0.3, 0.4) is 0 Å². The molecule has 2 amide bonds. The van der Waals surface area contributed by atoms with Gasteiger partial charge in [-0.15, -0.1) is 0 Å². The van der Waals surface area contributed by atoms with Crippen molar-refractivity contribution >= 4 is 56.9 Å². The van der Waals surface area contributed by atoms with E-state index in [1.165, 1.54) is 6.33 Å². The van der Waals surface area contributed by atoms with E-state index < -0.39 is 0 Å². The molecule has 0 spiro atoms. The van der Waals surface area contributed by atoms with Crippen molar-refractivity contribution in [2.45, 2.75) is 13.8 Å². The smallest absolute Gasteiger partial charge is 0.290 e. The summed E-state index contributed by atoms with van der Waals surface area (Å²) in [6.07, 6.45) is 1.46. The predicted molar refractivity (Wildman–Crippen MR) is 125 cm³/mol. The Labute approximate surface area is 194 Å². The number of furan rings is 1. The van der Waals surface area contributed by atoms with Crippen molar-refractivity contribution in [3.63, 3.8) is 0 Å². The van der Waals surface area contributed by atoms with Gasteiger partial charge < -0.3 is 19.5 Å². The second kappa shape index (κ2) is 8.32. The summed E-state index contributed by atoms with van der Waals surface area (Å²) in [5.74, 6) is 0.708. The fourth-order valence-corrected chi connectivity index (χ4v) is 4.16. The molecule has 4 aromatic rings. The van der Waals surface area contributed by atoms with Crippen molar-refractivity contribution in [1.82, 2.24) is 24.8 Å². The summed E-state index contributed by atoms with van der Waals surface area (Å²) < 4.78 is 5.92. The Kier molecular flexibility index (Phi) is 5.33. The maximum absolute atomic E-state index is 13.1. The second-order valence-electron chi connectivity index (χ2n) is 7.91. The lowest BCUT2D eigenvalue weighted by molar-refractivity contribution is -0.130. The zero-order valence-electron chi connectivity index (χ0n) is 18.1. The van der Waals surface area contributed by atoms with Gasteiger partial charge >= 0.3 is 0 Å². The van der Waals surface area contributed by atoms with E-state index in [2.05, 4.69) is 20.3 Å². The summed E-state index contributed by atoms with van der Waals surface area (Å²) in [4.78, 5) is 41.0. The first-order valence-electron chi connectivity index (χ1n) is 10.5. The Hall–Kier alpha value is -3.72. The zero-order valence-corrected chi connectivity index (χ0v) is 18.9. The quantitative estimate of drug-likeness (QED) is 0.460. The maximum Gasteiger partial charge on any atom is 0.290 e. The topological polar surface area (TPSA) is 104 Å². The van der Waals surface area contributed by atoms with Crippen LogP contribution in [0.25, 0.3) is 22.0 Å². The standard InChI is InChI=1S/C23H21ClN6O3/c1-13-16-11-15(27-22-20-17(25-12-26-22)4-6-19(24)28-20)3-5-18(16)33-21(13)23(32)30-9-7-29(8-10-30)14(2)31/h3-6,11-12H,7-10H2,1-2H3,(H,25,26,27). The first-order valence-corrected chi connectivity index (χ1v) is 10.9. The third-order valence-electron chi connectivity index (χ3n) is 5.85. The SMILES string of the molecule is CC(=O)N1CCN(C(=O)c2oc3ccc(Nc4ncnc5ccc(Cl)nc45)cc3c2C)CC1. The van der Waals surface area contributed by atoms with Crippen LogP contribution in [-0.4, -0.2) is 62.7 Å². The van der Waals surface area contributed by atoms with Crippen molar-refractivity contribution < 1.29 is 14.0 Å². The van der Waals surface area contributed by atoms with Gasteiger partial charge in [0.05, 0.1) is 5.52 Å². The van der Waals surface area contributed by atoms with E-state index in [1.807, 2.05) is 25.1 Å². The normalized spacial score (nSPS) is 14.2. The minimum absolute atomic E-state index is 0.0241. The summed E-state index contributed by atoms with van der Waals surface area (Å²) in [5.41, 5.74) is 3.39. The number of piperazine rings is 1. The lowest BCUT2D eigenvalue weighted by Crippen LogP contribution is -2.50. The van der Waals surface area contributed by atoms with Gasteiger partial charge in [-0.1, -0.05) is 11.6 Å². The molecule has 0 unspecified atom stereocenters. The van der Waals surface area contributed by atoms with E-state index in [0.29, 0.717) is 59.5 Å². The van der Waals surface area contributed by atoms with E-state index in [9.17, 15) is 9.59 Å². The molecule has 168 valence electrons. The van der Waals surface area contributed by atoms with Crippen molar-refractivity contribution in [1.29, 1.82) is 0 Å². The second-order valence-corrected chi connectivity index (χ2v) is 8.30. The molecule has 4 heterocycles. The Morgan fingerprint density at radius 2 is 1.82 bits per heavy atom. The lowest BCUT2D eigenvalue weighted by Gasteiger charge is -2.33. The van der Waals surface area contributed by atoms with Crippen molar-refractivity contribution in [2.75, 3.05) is 31.5 Å². The molecular weight excluding hydrogens is 444 g/mol. The van der Waals surface area contributed by atoms with Crippen LogP contribution in [-0.2, 0) is 4.79 Å². The highest BCUT2D eigenvalue weighted by Crippen LogP contribution is 2.31. The van der Waals surface area contributed by atoms with Gasteiger partial charge in [0, 0.05) is 49.7 Å². The summed E-state index contributed by atoms with van der Waals surface area (Å²) >= 11 is 6.05. The highest BCUT2D eigenvalue weighted by atomic mass is 35.5. The van der Waals surface area contributed by atoms with Gasteiger partial charge in [0.1, 0.15) is 22.6 Å². The maximum atomic E-state index is 13.1. The van der Waals surface area contributed by atoms with Crippen LogP contribution >= 0.6 is 11.6 Å². The number of fused-ring (bicyclic) bond motifs is 2. The number of carbonyl (C=O) groups is 2. The van der Waals surface area contributed by atoms with E-state index in [-0.39, 0.29) is 11.8 Å². The number of amides is 2. The molecule has 10 heteroatoms. The molecule has 9 nitrogen and oxygen atoms in total. The first-order chi connectivity index (χ1) is 15.9. The van der Waals surface area contributed by atoms with Crippen LogP contribution in [0.4, 0.5) is 11.5 Å².